The zero-order valence-corrected chi connectivity index (χ0v) is 13.1. The number of hydrogen-bond acceptors (Lipinski definition) is 3. The van der Waals surface area contributed by atoms with E-state index in [-0.39, 0.29) is 22.2 Å². The van der Waals surface area contributed by atoms with Crippen molar-refractivity contribution in [3.8, 4) is 0 Å². The topological polar surface area (TPSA) is 59.3 Å². The Balaban J connectivity index is 1.99. The first-order chi connectivity index (χ1) is 11.7. The zero-order valence-electron chi connectivity index (χ0n) is 12.4. The molecule has 2 aromatic carbocycles. The Morgan fingerprint density at radius 1 is 1.08 bits per heavy atom. The van der Waals surface area contributed by atoms with Gasteiger partial charge in [-0.15, -0.1) is 0 Å². The monoisotopic (exact) mass is 367 g/mol. The van der Waals surface area contributed by atoms with Gasteiger partial charge in [-0.25, -0.2) is 4.79 Å². The van der Waals surface area contributed by atoms with Crippen LogP contribution in [0.5, 0.6) is 0 Å². The molecule has 3 aromatic rings. The van der Waals surface area contributed by atoms with Crippen molar-refractivity contribution in [2.45, 2.75) is 6.18 Å². The highest BCUT2D eigenvalue weighted by molar-refractivity contribution is 6.31. The van der Waals surface area contributed by atoms with Crippen LogP contribution in [-0.4, -0.2) is 5.91 Å². The maximum atomic E-state index is 13.0. The van der Waals surface area contributed by atoms with Gasteiger partial charge in [0.05, 0.1) is 5.56 Å². The van der Waals surface area contributed by atoms with Crippen molar-refractivity contribution in [3.63, 3.8) is 0 Å². The van der Waals surface area contributed by atoms with Gasteiger partial charge in [0.1, 0.15) is 5.58 Å². The largest absolute Gasteiger partial charge is 0.423 e. The quantitative estimate of drug-likeness (QED) is 0.667. The molecular weight excluding hydrogens is 359 g/mol. The van der Waals surface area contributed by atoms with Gasteiger partial charge in [-0.05, 0) is 30.3 Å². The molecule has 4 nitrogen and oxygen atoms in total. The lowest BCUT2D eigenvalue weighted by Crippen LogP contribution is -2.13. The highest BCUT2D eigenvalue weighted by Crippen LogP contribution is 2.34. The van der Waals surface area contributed by atoms with Crippen LogP contribution in [0.2, 0.25) is 5.02 Å². The second-order valence-corrected chi connectivity index (χ2v) is 5.59. The van der Waals surface area contributed by atoms with Gasteiger partial charge in [0.2, 0.25) is 0 Å². The summed E-state index contributed by atoms with van der Waals surface area (Å²) in [7, 11) is 0. The Morgan fingerprint density at radius 2 is 1.84 bits per heavy atom. The van der Waals surface area contributed by atoms with E-state index in [0.29, 0.717) is 11.1 Å². The number of carbonyl (C=O) groups excluding carboxylic acids is 1. The summed E-state index contributed by atoms with van der Waals surface area (Å²) in [6.45, 7) is 0. The minimum atomic E-state index is -4.69. The minimum absolute atomic E-state index is 0.181. The Hall–Kier alpha value is -2.80. The highest BCUT2D eigenvalue weighted by atomic mass is 35.5. The van der Waals surface area contributed by atoms with Gasteiger partial charge in [0.25, 0.3) is 5.91 Å². The Labute approximate surface area is 143 Å². The van der Waals surface area contributed by atoms with Crippen LogP contribution < -0.4 is 10.9 Å². The third kappa shape index (κ3) is 3.66. The van der Waals surface area contributed by atoms with Crippen LogP contribution in [0.3, 0.4) is 0 Å². The van der Waals surface area contributed by atoms with Gasteiger partial charge < -0.3 is 9.73 Å². The first kappa shape index (κ1) is 17.0. The highest BCUT2D eigenvalue weighted by Gasteiger charge is 2.33. The van der Waals surface area contributed by atoms with Crippen molar-refractivity contribution in [3.05, 3.63) is 75.1 Å². The van der Waals surface area contributed by atoms with Crippen LogP contribution in [0.4, 0.5) is 18.9 Å². The van der Waals surface area contributed by atoms with E-state index in [1.807, 2.05) is 0 Å². The normalized spacial score (nSPS) is 11.5. The number of benzene rings is 2. The molecule has 0 fully saturated rings. The van der Waals surface area contributed by atoms with E-state index in [4.69, 9.17) is 16.0 Å². The molecule has 0 bridgehead atoms. The average molecular weight is 368 g/mol. The summed E-state index contributed by atoms with van der Waals surface area (Å²) in [5, 5.41) is 2.61. The Kier molecular flexibility index (Phi) is 4.26. The van der Waals surface area contributed by atoms with Crippen molar-refractivity contribution in [1.82, 2.24) is 0 Å². The van der Waals surface area contributed by atoms with Crippen LogP contribution in [0.25, 0.3) is 11.0 Å². The van der Waals surface area contributed by atoms with E-state index in [0.717, 1.165) is 12.1 Å². The molecule has 1 amide bonds. The molecule has 0 aliphatic carbocycles. The molecule has 0 aliphatic heterocycles. The molecule has 1 heterocycles. The third-order valence-corrected chi connectivity index (χ3v) is 3.63. The SMILES string of the molecule is O=C(Nc1ccc2c(C(F)(F)F)cc(=O)oc2c1)c1cccc(Cl)c1. The van der Waals surface area contributed by atoms with Crippen LogP contribution in [0.15, 0.2) is 57.7 Å². The van der Waals surface area contributed by atoms with Gasteiger partial charge in [0, 0.05) is 33.8 Å². The lowest BCUT2D eigenvalue weighted by molar-refractivity contribution is -0.136. The average Bonchev–Trinajstić information content (AvgIpc) is 2.52. The molecule has 1 N–H and O–H groups in total. The number of halogens is 4. The standard InChI is InChI=1S/C17H9ClF3NO3/c18-10-3-1-2-9(6-10)16(24)22-11-4-5-12-13(17(19,20)21)8-15(23)25-14(12)7-11/h1-8H,(H,22,24). The van der Waals surface area contributed by atoms with Crippen LogP contribution in [0.1, 0.15) is 15.9 Å². The molecule has 8 heteroatoms. The van der Waals surface area contributed by atoms with Crippen molar-refractivity contribution >= 4 is 34.2 Å². The number of alkyl halides is 3. The van der Waals surface area contributed by atoms with E-state index in [9.17, 15) is 22.8 Å². The van der Waals surface area contributed by atoms with Gasteiger partial charge in [-0.2, -0.15) is 13.2 Å². The smallest absolute Gasteiger partial charge is 0.417 e. The number of carbonyl (C=O) groups is 1. The predicted octanol–water partition coefficient (Wildman–Crippen LogP) is 4.72. The molecule has 25 heavy (non-hydrogen) atoms. The molecule has 0 saturated heterocycles. The molecule has 0 atom stereocenters. The Morgan fingerprint density at radius 3 is 2.52 bits per heavy atom. The Bertz CT molecular complexity index is 1030. The number of rotatable bonds is 2. The third-order valence-electron chi connectivity index (χ3n) is 3.39. The summed E-state index contributed by atoms with van der Waals surface area (Å²) < 4.78 is 43.8. The number of amides is 1. The lowest BCUT2D eigenvalue weighted by atomic mass is 10.1. The summed E-state index contributed by atoms with van der Waals surface area (Å²) in [5.41, 5.74) is -2.04. The van der Waals surface area contributed by atoms with E-state index in [1.54, 1.807) is 12.1 Å². The molecule has 0 aliphatic rings. The fourth-order valence-corrected chi connectivity index (χ4v) is 2.50. The summed E-state index contributed by atoms with van der Waals surface area (Å²) in [6, 6.07) is 10.1. The van der Waals surface area contributed by atoms with Gasteiger partial charge in [-0.3, -0.25) is 4.79 Å². The molecule has 128 valence electrons. The first-order valence-electron chi connectivity index (χ1n) is 6.96. The van der Waals surface area contributed by atoms with Crippen molar-refractivity contribution in [1.29, 1.82) is 0 Å². The van der Waals surface area contributed by atoms with Crippen LogP contribution >= 0.6 is 11.6 Å². The van der Waals surface area contributed by atoms with Crippen molar-refractivity contribution < 1.29 is 22.4 Å². The molecule has 0 radical (unpaired) electrons. The maximum absolute atomic E-state index is 13.0. The summed E-state index contributed by atoms with van der Waals surface area (Å²) >= 11 is 5.81. The maximum Gasteiger partial charge on any atom is 0.417 e. The molecule has 3 rings (SSSR count). The van der Waals surface area contributed by atoms with Crippen molar-refractivity contribution in [2.75, 3.05) is 5.32 Å². The number of anilines is 1. The van der Waals surface area contributed by atoms with E-state index in [2.05, 4.69) is 5.32 Å². The zero-order chi connectivity index (χ0) is 18.2. The molecule has 0 spiro atoms. The fraction of sp³-hybridized carbons (Fsp3) is 0.0588. The van der Waals surface area contributed by atoms with E-state index < -0.39 is 23.3 Å². The van der Waals surface area contributed by atoms with E-state index >= 15 is 0 Å². The molecule has 0 unspecified atom stereocenters. The second kappa shape index (κ2) is 6.25. The minimum Gasteiger partial charge on any atom is -0.423 e. The van der Waals surface area contributed by atoms with Crippen LogP contribution in [-0.2, 0) is 6.18 Å². The van der Waals surface area contributed by atoms with Crippen molar-refractivity contribution in [2.24, 2.45) is 0 Å². The van der Waals surface area contributed by atoms with Gasteiger partial charge in [-0.1, -0.05) is 17.7 Å². The van der Waals surface area contributed by atoms with Gasteiger partial charge in [0.15, 0.2) is 0 Å². The first-order valence-corrected chi connectivity index (χ1v) is 7.34. The molecular formula is C17H9ClF3NO3. The number of hydrogen-bond donors (Lipinski definition) is 1. The number of fused-ring (bicyclic) bond motifs is 1. The fourth-order valence-electron chi connectivity index (χ4n) is 2.31. The summed E-state index contributed by atoms with van der Waals surface area (Å²) in [6.07, 6.45) is -4.69. The van der Waals surface area contributed by atoms with Gasteiger partial charge >= 0.3 is 11.8 Å². The predicted molar refractivity (Wildman–Crippen MR) is 86.9 cm³/mol. The van der Waals surface area contributed by atoms with Crippen LogP contribution in [0, 0.1) is 0 Å². The van der Waals surface area contributed by atoms with E-state index in [1.165, 1.54) is 18.2 Å². The lowest BCUT2D eigenvalue weighted by Gasteiger charge is -2.10. The summed E-state index contributed by atoms with van der Waals surface area (Å²) in [5.74, 6) is -0.504. The second-order valence-electron chi connectivity index (χ2n) is 5.15. The molecule has 0 saturated carbocycles. The number of nitrogens with one attached hydrogen (secondary N) is 1. The molecule has 1 aromatic heterocycles. The summed E-state index contributed by atoms with van der Waals surface area (Å²) in [4.78, 5) is 23.5.